The first-order chi connectivity index (χ1) is 14.5. The molecule has 0 fully saturated rings. The van der Waals surface area contributed by atoms with Crippen LogP contribution in [0.25, 0.3) is 21.7 Å². The summed E-state index contributed by atoms with van der Waals surface area (Å²) in [6.45, 7) is 5.90. The fourth-order valence-corrected chi connectivity index (χ4v) is 3.68. The Kier molecular flexibility index (Phi) is 5.68. The molecule has 0 N–H and O–H groups in total. The highest BCUT2D eigenvalue weighted by molar-refractivity contribution is 9.10. The number of hydrogen-bond acceptors (Lipinski definition) is 4. The number of fused-ring (bicyclic) bond motifs is 2. The smallest absolute Gasteiger partial charge is 0.282 e. The van der Waals surface area contributed by atoms with E-state index in [1.165, 1.54) is 4.68 Å². The van der Waals surface area contributed by atoms with Gasteiger partial charge in [-0.15, -0.1) is 0 Å². The van der Waals surface area contributed by atoms with E-state index in [9.17, 15) is 4.79 Å². The van der Waals surface area contributed by atoms with Crippen molar-refractivity contribution in [2.24, 2.45) is 5.10 Å². The molecule has 5 nitrogen and oxygen atoms in total. The van der Waals surface area contributed by atoms with E-state index in [0.29, 0.717) is 16.7 Å². The fraction of sp³-hybridized carbons (Fsp3) is 0.208. The summed E-state index contributed by atoms with van der Waals surface area (Å²) in [5, 5.41) is 7.14. The summed E-state index contributed by atoms with van der Waals surface area (Å²) in [7, 11) is 0. The SMILES string of the molecule is CC[C@H](C)Oc1ccc2ccccc2c1C=Nn1c(C)nc2ccc(Br)cc2c1=O. The maximum absolute atomic E-state index is 13.1. The molecule has 0 radical (unpaired) electrons. The average Bonchev–Trinajstić information content (AvgIpc) is 2.75. The summed E-state index contributed by atoms with van der Waals surface area (Å²) >= 11 is 3.42. The van der Waals surface area contributed by atoms with Crippen molar-refractivity contribution in [1.29, 1.82) is 0 Å². The predicted molar refractivity (Wildman–Crippen MR) is 126 cm³/mol. The molecule has 0 amide bonds. The Labute approximate surface area is 183 Å². The quantitative estimate of drug-likeness (QED) is 0.357. The van der Waals surface area contributed by atoms with E-state index in [2.05, 4.69) is 32.9 Å². The highest BCUT2D eigenvalue weighted by atomic mass is 79.9. The average molecular weight is 464 g/mol. The van der Waals surface area contributed by atoms with Crippen LogP contribution in [0.15, 0.2) is 69.0 Å². The number of rotatable bonds is 5. The molecule has 3 aromatic carbocycles. The third-order valence-corrected chi connectivity index (χ3v) is 5.60. The van der Waals surface area contributed by atoms with Crippen LogP contribution in [0.3, 0.4) is 0 Å². The van der Waals surface area contributed by atoms with Gasteiger partial charge in [0.2, 0.25) is 0 Å². The molecule has 0 unspecified atom stereocenters. The standard InChI is InChI=1S/C24H22BrN3O2/c1-4-15(2)30-23-12-9-17-7-5-6-8-19(17)21(23)14-26-28-16(3)27-22-11-10-18(25)13-20(22)24(28)29/h5-15H,4H2,1-3H3/t15-/m0/s1. The van der Waals surface area contributed by atoms with E-state index in [1.54, 1.807) is 19.2 Å². The molecule has 30 heavy (non-hydrogen) atoms. The van der Waals surface area contributed by atoms with Gasteiger partial charge >= 0.3 is 0 Å². The van der Waals surface area contributed by atoms with Crippen LogP contribution < -0.4 is 10.3 Å². The zero-order valence-corrected chi connectivity index (χ0v) is 18.7. The van der Waals surface area contributed by atoms with Crippen LogP contribution in [-0.2, 0) is 0 Å². The Morgan fingerprint density at radius 3 is 2.77 bits per heavy atom. The second-order valence-corrected chi connectivity index (χ2v) is 8.13. The van der Waals surface area contributed by atoms with Crippen molar-refractivity contribution in [3.8, 4) is 5.75 Å². The first-order valence-electron chi connectivity index (χ1n) is 9.89. The van der Waals surface area contributed by atoms with Gasteiger partial charge in [0.15, 0.2) is 0 Å². The predicted octanol–water partition coefficient (Wildman–Crippen LogP) is 5.68. The van der Waals surface area contributed by atoms with Crippen LogP contribution in [0.5, 0.6) is 5.75 Å². The van der Waals surface area contributed by atoms with E-state index in [-0.39, 0.29) is 11.7 Å². The molecule has 0 saturated carbocycles. The van der Waals surface area contributed by atoms with Crippen molar-refractivity contribution in [2.75, 3.05) is 0 Å². The molecule has 0 aliphatic heterocycles. The summed E-state index contributed by atoms with van der Waals surface area (Å²) in [5.74, 6) is 1.27. The maximum atomic E-state index is 13.1. The molecule has 0 saturated heterocycles. The van der Waals surface area contributed by atoms with Gasteiger partial charge in [-0.1, -0.05) is 53.2 Å². The van der Waals surface area contributed by atoms with Crippen LogP contribution in [0, 0.1) is 6.92 Å². The molecule has 4 rings (SSSR count). The van der Waals surface area contributed by atoms with Crippen molar-refractivity contribution < 1.29 is 4.74 Å². The molecule has 1 aromatic heterocycles. The first kappa shape index (κ1) is 20.3. The molecular weight excluding hydrogens is 442 g/mol. The Morgan fingerprint density at radius 2 is 1.97 bits per heavy atom. The van der Waals surface area contributed by atoms with Gasteiger partial charge in [0.1, 0.15) is 11.6 Å². The summed E-state index contributed by atoms with van der Waals surface area (Å²) < 4.78 is 8.30. The number of aryl methyl sites for hydroxylation is 1. The van der Waals surface area contributed by atoms with E-state index in [0.717, 1.165) is 33.0 Å². The molecule has 1 atom stereocenters. The maximum Gasteiger partial charge on any atom is 0.282 e. The normalized spacial score (nSPS) is 12.7. The van der Waals surface area contributed by atoms with Crippen molar-refractivity contribution in [3.63, 3.8) is 0 Å². The van der Waals surface area contributed by atoms with Crippen LogP contribution in [0.2, 0.25) is 0 Å². The van der Waals surface area contributed by atoms with Gasteiger partial charge in [-0.3, -0.25) is 4.79 Å². The minimum atomic E-state index is -0.209. The summed E-state index contributed by atoms with van der Waals surface area (Å²) in [5.41, 5.74) is 1.28. The van der Waals surface area contributed by atoms with E-state index in [1.807, 2.05) is 55.5 Å². The van der Waals surface area contributed by atoms with E-state index >= 15 is 0 Å². The summed E-state index contributed by atoms with van der Waals surface area (Å²) in [6, 6.07) is 17.5. The van der Waals surface area contributed by atoms with Gasteiger partial charge in [0.05, 0.1) is 23.2 Å². The molecule has 0 spiro atoms. The van der Waals surface area contributed by atoms with Gasteiger partial charge in [-0.05, 0) is 55.3 Å². The Balaban J connectivity index is 1.88. The van der Waals surface area contributed by atoms with Gasteiger partial charge in [0.25, 0.3) is 5.56 Å². The highest BCUT2D eigenvalue weighted by Crippen LogP contribution is 2.28. The van der Waals surface area contributed by atoms with Crippen LogP contribution >= 0.6 is 15.9 Å². The minimum Gasteiger partial charge on any atom is -0.490 e. The number of nitrogens with zero attached hydrogens (tertiary/aromatic N) is 3. The largest absolute Gasteiger partial charge is 0.490 e. The van der Waals surface area contributed by atoms with Gasteiger partial charge < -0.3 is 4.74 Å². The molecule has 4 aromatic rings. The fourth-order valence-electron chi connectivity index (χ4n) is 3.32. The monoisotopic (exact) mass is 463 g/mol. The molecule has 152 valence electrons. The Hall–Kier alpha value is -2.99. The lowest BCUT2D eigenvalue weighted by atomic mass is 10.0. The lowest BCUT2D eigenvalue weighted by molar-refractivity contribution is 0.217. The number of hydrogen-bond donors (Lipinski definition) is 0. The third kappa shape index (κ3) is 3.87. The topological polar surface area (TPSA) is 56.5 Å². The molecule has 0 aliphatic carbocycles. The Bertz CT molecular complexity index is 1330. The third-order valence-electron chi connectivity index (χ3n) is 5.11. The molecular formula is C24H22BrN3O2. The summed E-state index contributed by atoms with van der Waals surface area (Å²) in [4.78, 5) is 17.6. The van der Waals surface area contributed by atoms with Crippen molar-refractivity contribution in [3.05, 3.63) is 80.8 Å². The van der Waals surface area contributed by atoms with Crippen LogP contribution in [0.4, 0.5) is 0 Å². The van der Waals surface area contributed by atoms with Gasteiger partial charge in [0, 0.05) is 10.0 Å². The van der Waals surface area contributed by atoms with Gasteiger partial charge in [-0.25, -0.2) is 4.98 Å². The number of halogens is 1. The van der Waals surface area contributed by atoms with E-state index < -0.39 is 0 Å². The van der Waals surface area contributed by atoms with Crippen LogP contribution in [-0.4, -0.2) is 22.0 Å². The molecule has 6 heteroatoms. The lowest BCUT2D eigenvalue weighted by Crippen LogP contribution is -2.20. The zero-order valence-electron chi connectivity index (χ0n) is 17.1. The first-order valence-corrected chi connectivity index (χ1v) is 10.7. The second kappa shape index (κ2) is 8.40. The highest BCUT2D eigenvalue weighted by Gasteiger charge is 2.12. The van der Waals surface area contributed by atoms with Crippen molar-refractivity contribution in [1.82, 2.24) is 9.66 Å². The molecule has 1 heterocycles. The second-order valence-electron chi connectivity index (χ2n) is 7.22. The van der Waals surface area contributed by atoms with Gasteiger partial charge in [-0.2, -0.15) is 9.78 Å². The van der Waals surface area contributed by atoms with Crippen molar-refractivity contribution >= 4 is 43.8 Å². The lowest BCUT2D eigenvalue weighted by Gasteiger charge is -2.16. The number of aromatic nitrogens is 2. The van der Waals surface area contributed by atoms with E-state index in [4.69, 9.17) is 4.74 Å². The minimum absolute atomic E-state index is 0.0717. The zero-order chi connectivity index (χ0) is 21.3. The summed E-state index contributed by atoms with van der Waals surface area (Å²) in [6.07, 6.45) is 2.66. The number of ether oxygens (including phenoxy) is 1. The van der Waals surface area contributed by atoms with Crippen LogP contribution in [0.1, 0.15) is 31.7 Å². The van der Waals surface area contributed by atoms with Crippen molar-refractivity contribution in [2.45, 2.75) is 33.3 Å². The molecule has 0 bridgehead atoms. The number of benzene rings is 3. The molecule has 0 aliphatic rings. The Morgan fingerprint density at radius 1 is 1.17 bits per heavy atom.